The molecule has 1 N–H and O–H groups in total. The van der Waals surface area contributed by atoms with E-state index >= 15 is 0 Å². The molecule has 0 radical (unpaired) electrons. The second kappa shape index (κ2) is 6.44. The quantitative estimate of drug-likeness (QED) is 0.874. The third-order valence-corrected chi connectivity index (χ3v) is 4.91. The molecule has 2 rings (SSSR count). The van der Waals surface area contributed by atoms with Gasteiger partial charge in [0.15, 0.2) is 0 Å². The zero-order chi connectivity index (χ0) is 15.5. The van der Waals surface area contributed by atoms with E-state index in [0.717, 1.165) is 25.4 Å². The number of aromatic nitrogens is 2. The highest BCUT2D eigenvalue weighted by Gasteiger charge is 2.39. The monoisotopic (exact) mass is 295 g/mol. The zero-order valence-electron chi connectivity index (χ0n) is 14.0. The van der Waals surface area contributed by atoms with Gasteiger partial charge in [0, 0.05) is 12.0 Å². The SMILES string of the molecule is CCOC(C)(CC)c1noc(C(C)(C)C2CCCNC2)n1. The van der Waals surface area contributed by atoms with Gasteiger partial charge in [-0.05, 0) is 52.1 Å². The smallest absolute Gasteiger partial charge is 0.232 e. The largest absolute Gasteiger partial charge is 0.367 e. The first-order chi connectivity index (χ1) is 9.94. The van der Waals surface area contributed by atoms with Gasteiger partial charge in [0.25, 0.3) is 0 Å². The molecule has 1 aliphatic heterocycles. The van der Waals surface area contributed by atoms with Crippen LogP contribution in [0.15, 0.2) is 4.52 Å². The van der Waals surface area contributed by atoms with Gasteiger partial charge in [-0.25, -0.2) is 0 Å². The van der Waals surface area contributed by atoms with Crippen molar-refractivity contribution in [3.8, 4) is 0 Å². The van der Waals surface area contributed by atoms with Crippen molar-refractivity contribution in [2.24, 2.45) is 5.92 Å². The first kappa shape index (κ1) is 16.4. The summed E-state index contributed by atoms with van der Waals surface area (Å²) < 4.78 is 11.4. The number of nitrogens with zero attached hydrogens (tertiary/aromatic N) is 2. The molecule has 5 nitrogen and oxygen atoms in total. The molecule has 0 bridgehead atoms. The van der Waals surface area contributed by atoms with Gasteiger partial charge in [-0.3, -0.25) is 0 Å². The molecule has 5 heteroatoms. The van der Waals surface area contributed by atoms with Gasteiger partial charge in [-0.15, -0.1) is 0 Å². The lowest BCUT2D eigenvalue weighted by atomic mass is 9.75. The van der Waals surface area contributed by atoms with Gasteiger partial charge < -0.3 is 14.6 Å². The second-order valence-electron chi connectivity index (χ2n) is 6.71. The van der Waals surface area contributed by atoms with Gasteiger partial charge in [0.05, 0.1) is 0 Å². The van der Waals surface area contributed by atoms with Crippen LogP contribution in [0.1, 0.15) is 65.6 Å². The lowest BCUT2D eigenvalue weighted by molar-refractivity contribution is -0.0403. The lowest BCUT2D eigenvalue weighted by Gasteiger charge is -2.34. The Balaban J connectivity index is 2.21. The minimum absolute atomic E-state index is 0.112. The molecule has 0 aromatic carbocycles. The summed E-state index contributed by atoms with van der Waals surface area (Å²) in [6.45, 7) is 13.3. The van der Waals surface area contributed by atoms with E-state index in [1.807, 2.05) is 13.8 Å². The standard InChI is InChI=1S/C16H29N3O2/c1-6-16(5,20-7-2)13-18-14(21-19-13)15(3,4)12-9-8-10-17-11-12/h12,17H,6-11H2,1-5H3. The highest BCUT2D eigenvalue weighted by molar-refractivity contribution is 5.08. The van der Waals surface area contributed by atoms with Crippen molar-refractivity contribution in [3.63, 3.8) is 0 Å². The Hall–Kier alpha value is -0.940. The zero-order valence-corrected chi connectivity index (χ0v) is 14.0. The van der Waals surface area contributed by atoms with E-state index in [0.29, 0.717) is 18.3 Å². The van der Waals surface area contributed by atoms with Crippen LogP contribution >= 0.6 is 0 Å². The Morgan fingerprint density at radius 1 is 1.33 bits per heavy atom. The van der Waals surface area contributed by atoms with Gasteiger partial charge in [-0.2, -0.15) is 4.98 Å². The Morgan fingerprint density at radius 3 is 2.67 bits per heavy atom. The maximum Gasteiger partial charge on any atom is 0.232 e. The molecule has 1 aliphatic rings. The van der Waals surface area contributed by atoms with Crippen molar-refractivity contribution in [3.05, 3.63) is 11.7 Å². The van der Waals surface area contributed by atoms with E-state index in [-0.39, 0.29) is 5.41 Å². The maximum atomic E-state index is 5.84. The summed E-state index contributed by atoms with van der Waals surface area (Å²) >= 11 is 0. The molecule has 1 saturated heterocycles. The van der Waals surface area contributed by atoms with Crippen LogP contribution in [0.2, 0.25) is 0 Å². The van der Waals surface area contributed by atoms with E-state index < -0.39 is 5.60 Å². The van der Waals surface area contributed by atoms with Crippen molar-refractivity contribution in [1.82, 2.24) is 15.5 Å². The summed E-state index contributed by atoms with van der Waals surface area (Å²) in [6.07, 6.45) is 3.24. The molecule has 120 valence electrons. The summed E-state index contributed by atoms with van der Waals surface area (Å²) in [5, 5.41) is 7.67. The molecule has 21 heavy (non-hydrogen) atoms. The molecule has 0 amide bonds. The molecule has 1 aromatic heterocycles. The molecule has 1 fully saturated rings. The number of hydrogen-bond donors (Lipinski definition) is 1. The van der Waals surface area contributed by atoms with Crippen molar-refractivity contribution in [1.29, 1.82) is 0 Å². The summed E-state index contributed by atoms with van der Waals surface area (Å²) in [5.41, 5.74) is -0.572. The molecule has 2 heterocycles. The van der Waals surface area contributed by atoms with Crippen LogP contribution in [-0.2, 0) is 15.8 Å². The van der Waals surface area contributed by atoms with Crippen LogP contribution in [0, 0.1) is 5.92 Å². The fraction of sp³-hybridized carbons (Fsp3) is 0.875. The van der Waals surface area contributed by atoms with Crippen molar-refractivity contribution in [2.75, 3.05) is 19.7 Å². The van der Waals surface area contributed by atoms with Crippen LogP contribution < -0.4 is 5.32 Å². The van der Waals surface area contributed by atoms with Crippen molar-refractivity contribution < 1.29 is 9.26 Å². The van der Waals surface area contributed by atoms with Gasteiger partial charge in [0.2, 0.25) is 11.7 Å². The Morgan fingerprint density at radius 2 is 2.10 bits per heavy atom. The second-order valence-corrected chi connectivity index (χ2v) is 6.71. The van der Waals surface area contributed by atoms with Gasteiger partial charge in [0.1, 0.15) is 5.60 Å². The van der Waals surface area contributed by atoms with Crippen LogP contribution in [0.25, 0.3) is 0 Å². The van der Waals surface area contributed by atoms with Crippen LogP contribution in [0.3, 0.4) is 0 Å². The highest BCUT2D eigenvalue weighted by atomic mass is 16.5. The van der Waals surface area contributed by atoms with Crippen LogP contribution in [0.4, 0.5) is 0 Å². The fourth-order valence-electron chi connectivity index (χ4n) is 2.99. The first-order valence-corrected chi connectivity index (χ1v) is 8.13. The Kier molecular flexibility index (Phi) is 5.04. The molecule has 2 unspecified atom stereocenters. The third-order valence-electron chi connectivity index (χ3n) is 4.91. The summed E-state index contributed by atoms with van der Waals surface area (Å²) in [4.78, 5) is 4.69. The molecule has 0 saturated carbocycles. The van der Waals surface area contributed by atoms with Gasteiger partial charge in [-0.1, -0.05) is 25.9 Å². The number of hydrogen-bond acceptors (Lipinski definition) is 5. The minimum Gasteiger partial charge on any atom is -0.367 e. The normalized spacial score (nSPS) is 23.0. The van der Waals surface area contributed by atoms with E-state index in [9.17, 15) is 0 Å². The van der Waals surface area contributed by atoms with Crippen LogP contribution in [-0.4, -0.2) is 29.8 Å². The topological polar surface area (TPSA) is 60.2 Å². The number of rotatable bonds is 6. The highest BCUT2D eigenvalue weighted by Crippen LogP contribution is 2.36. The minimum atomic E-state index is -0.461. The Bertz CT molecular complexity index is 452. The molecular formula is C16H29N3O2. The first-order valence-electron chi connectivity index (χ1n) is 8.13. The van der Waals surface area contributed by atoms with Gasteiger partial charge >= 0.3 is 0 Å². The van der Waals surface area contributed by atoms with E-state index in [1.54, 1.807) is 0 Å². The number of ether oxygens (including phenoxy) is 1. The van der Waals surface area contributed by atoms with E-state index in [4.69, 9.17) is 9.26 Å². The fourth-order valence-corrected chi connectivity index (χ4v) is 2.99. The van der Waals surface area contributed by atoms with E-state index in [1.165, 1.54) is 12.8 Å². The third kappa shape index (κ3) is 3.29. The van der Waals surface area contributed by atoms with Crippen molar-refractivity contribution >= 4 is 0 Å². The predicted octanol–water partition coefficient (Wildman–Crippen LogP) is 3.01. The molecule has 0 spiro atoms. The summed E-state index contributed by atoms with van der Waals surface area (Å²) in [5.74, 6) is 1.92. The molecule has 0 aliphatic carbocycles. The van der Waals surface area contributed by atoms with E-state index in [2.05, 4.69) is 36.2 Å². The molecular weight excluding hydrogens is 266 g/mol. The number of nitrogens with one attached hydrogen (secondary N) is 1. The maximum absolute atomic E-state index is 5.84. The molecule has 1 aromatic rings. The summed E-state index contributed by atoms with van der Waals surface area (Å²) in [7, 11) is 0. The average Bonchev–Trinajstić information content (AvgIpc) is 2.99. The van der Waals surface area contributed by atoms with Crippen molar-refractivity contribution in [2.45, 2.75) is 64.9 Å². The van der Waals surface area contributed by atoms with Crippen LogP contribution in [0.5, 0.6) is 0 Å². The summed E-state index contributed by atoms with van der Waals surface area (Å²) in [6, 6.07) is 0. The Labute approximate surface area is 127 Å². The average molecular weight is 295 g/mol. The predicted molar refractivity (Wildman–Crippen MR) is 82.2 cm³/mol. The molecule has 2 atom stereocenters. The lowest BCUT2D eigenvalue weighted by Crippen LogP contribution is -2.41. The number of piperidine rings is 1.